The molecule has 12 nitrogen and oxygen atoms in total. The van der Waals surface area contributed by atoms with Gasteiger partial charge in [-0.05, 0) is 62.1 Å². The predicted molar refractivity (Wildman–Crippen MR) is 190 cm³/mol. The van der Waals surface area contributed by atoms with E-state index >= 15 is 0 Å². The smallest absolute Gasteiger partial charge is 0.228 e. The maximum atomic E-state index is 12.0. The van der Waals surface area contributed by atoms with Gasteiger partial charge in [0.15, 0.2) is 11.6 Å². The van der Waals surface area contributed by atoms with Gasteiger partial charge in [0.05, 0.1) is 45.2 Å². The van der Waals surface area contributed by atoms with Gasteiger partial charge in [0, 0.05) is 71.9 Å². The van der Waals surface area contributed by atoms with Crippen LogP contribution in [-0.4, -0.2) is 51.7 Å². The summed E-state index contributed by atoms with van der Waals surface area (Å²) in [5.74, 6) is 1.000. The lowest BCUT2D eigenvalue weighted by Gasteiger charge is -2.12. The van der Waals surface area contributed by atoms with Crippen LogP contribution in [0.1, 0.15) is 25.7 Å². The van der Waals surface area contributed by atoms with Gasteiger partial charge in [0.2, 0.25) is 11.8 Å². The number of nitrogens with zero attached hydrogens (tertiary/aromatic N) is 8. The molecular formula is C36H28Cl2N10O2. The van der Waals surface area contributed by atoms with Gasteiger partial charge in [0.1, 0.15) is 5.69 Å². The van der Waals surface area contributed by atoms with Crippen molar-refractivity contribution in [3.63, 3.8) is 0 Å². The Bertz CT molecular complexity index is 2010. The largest absolute Gasteiger partial charge is 0.309 e. The quantitative estimate of drug-likeness (QED) is 0.166. The Morgan fingerprint density at radius 1 is 0.560 bits per heavy atom. The van der Waals surface area contributed by atoms with Crippen molar-refractivity contribution < 1.29 is 9.59 Å². The zero-order valence-electron chi connectivity index (χ0n) is 26.4. The van der Waals surface area contributed by atoms with Crippen molar-refractivity contribution >= 4 is 46.7 Å². The SMILES string of the molecule is O=C(Nc1cnc(-c2ccncc2Cl)c(-c2ccccn2)n1)C1CC1.O=C(Nc1cnc(-c2ccncc2Cl)c(-c2ccncc2)n1)C1CC1. The van der Waals surface area contributed by atoms with E-state index in [4.69, 9.17) is 23.2 Å². The van der Waals surface area contributed by atoms with Gasteiger partial charge >= 0.3 is 0 Å². The highest BCUT2D eigenvalue weighted by Gasteiger charge is 2.31. The fourth-order valence-corrected chi connectivity index (χ4v) is 5.39. The molecule has 0 saturated heterocycles. The van der Waals surface area contributed by atoms with Gasteiger partial charge < -0.3 is 10.6 Å². The van der Waals surface area contributed by atoms with Gasteiger partial charge in [-0.15, -0.1) is 0 Å². The van der Waals surface area contributed by atoms with Crippen LogP contribution in [0.5, 0.6) is 0 Å². The summed E-state index contributed by atoms with van der Waals surface area (Å²) in [5.41, 5.74) is 5.35. The summed E-state index contributed by atoms with van der Waals surface area (Å²) < 4.78 is 0. The van der Waals surface area contributed by atoms with E-state index in [1.165, 1.54) is 0 Å². The number of aromatic nitrogens is 8. The lowest BCUT2D eigenvalue weighted by molar-refractivity contribution is -0.118. The molecule has 6 aromatic rings. The van der Waals surface area contributed by atoms with Gasteiger partial charge in [-0.3, -0.25) is 34.5 Å². The van der Waals surface area contributed by atoms with E-state index in [1.807, 2.05) is 30.3 Å². The van der Waals surface area contributed by atoms with E-state index in [2.05, 4.69) is 50.5 Å². The molecule has 2 N–H and O–H groups in total. The molecule has 0 bridgehead atoms. The molecule has 0 atom stereocenters. The first-order chi connectivity index (χ1) is 24.4. The van der Waals surface area contributed by atoms with E-state index < -0.39 is 0 Å². The molecule has 2 amide bonds. The van der Waals surface area contributed by atoms with Crippen LogP contribution in [0, 0.1) is 11.8 Å². The molecule has 50 heavy (non-hydrogen) atoms. The molecule has 2 aliphatic carbocycles. The number of hydrogen-bond donors (Lipinski definition) is 2. The first kappa shape index (κ1) is 32.8. The molecule has 248 valence electrons. The standard InChI is InChI=1S/2C18H14ClN5O/c19-14-9-21-8-5-13(14)17-16(11-3-6-20-7-4-11)23-15(10-22-17)24-18(25)12-1-2-12;19-13-9-20-8-6-12(13)16-17(14-3-1-2-7-21-14)23-15(10-22-16)24-18(25)11-4-5-11/h3-10,12H,1-2H2,(H,23,24,25);1-3,6-11H,4-5H2,(H,23,24,25). The van der Waals surface area contributed by atoms with Crippen LogP contribution in [0.2, 0.25) is 10.0 Å². The van der Waals surface area contributed by atoms with Crippen LogP contribution in [0.3, 0.4) is 0 Å². The molecule has 6 heterocycles. The number of hydrogen-bond acceptors (Lipinski definition) is 10. The van der Waals surface area contributed by atoms with Crippen LogP contribution in [0.4, 0.5) is 11.6 Å². The molecule has 14 heteroatoms. The highest BCUT2D eigenvalue weighted by Crippen LogP contribution is 2.36. The normalized spacial score (nSPS) is 13.5. The zero-order valence-corrected chi connectivity index (χ0v) is 27.9. The average Bonchev–Trinajstić information content (AvgIpc) is 4.08. The highest BCUT2D eigenvalue weighted by molar-refractivity contribution is 6.33. The van der Waals surface area contributed by atoms with Crippen molar-refractivity contribution in [2.45, 2.75) is 25.7 Å². The molecule has 2 saturated carbocycles. The zero-order chi connectivity index (χ0) is 34.5. The molecule has 8 rings (SSSR count). The highest BCUT2D eigenvalue weighted by atomic mass is 35.5. The summed E-state index contributed by atoms with van der Waals surface area (Å²) in [4.78, 5) is 58.6. The molecule has 6 aromatic heterocycles. The molecule has 0 radical (unpaired) electrons. The Morgan fingerprint density at radius 2 is 1.08 bits per heavy atom. The molecule has 0 spiro atoms. The Hall–Kier alpha value is -5.72. The molecule has 0 aromatic carbocycles. The van der Waals surface area contributed by atoms with Crippen LogP contribution >= 0.6 is 23.2 Å². The third-order valence-corrected chi connectivity index (χ3v) is 8.46. The van der Waals surface area contributed by atoms with Crippen molar-refractivity contribution in [1.29, 1.82) is 0 Å². The van der Waals surface area contributed by atoms with Crippen LogP contribution in [-0.2, 0) is 9.59 Å². The summed E-state index contributed by atoms with van der Waals surface area (Å²) in [6, 6.07) is 12.8. The molecule has 2 fully saturated rings. The summed E-state index contributed by atoms with van der Waals surface area (Å²) in [7, 11) is 0. The first-order valence-electron chi connectivity index (χ1n) is 15.8. The maximum Gasteiger partial charge on any atom is 0.228 e. The Kier molecular flexibility index (Phi) is 9.72. The maximum absolute atomic E-state index is 12.0. The molecule has 0 unspecified atom stereocenters. The number of carbonyl (C=O) groups excluding carboxylic acids is 2. The third-order valence-electron chi connectivity index (χ3n) is 7.86. The number of carbonyl (C=O) groups is 2. The topological polar surface area (TPSA) is 161 Å². The summed E-state index contributed by atoms with van der Waals surface area (Å²) in [5, 5.41) is 6.62. The monoisotopic (exact) mass is 702 g/mol. The molecule has 0 aliphatic heterocycles. The Balaban J connectivity index is 0.000000157. The fraction of sp³-hybridized carbons (Fsp3) is 0.167. The van der Waals surface area contributed by atoms with Crippen molar-refractivity contribution in [2.24, 2.45) is 11.8 Å². The van der Waals surface area contributed by atoms with E-state index in [-0.39, 0.29) is 23.7 Å². The minimum Gasteiger partial charge on any atom is -0.309 e. The van der Waals surface area contributed by atoms with Crippen molar-refractivity contribution in [1.82, 2.24) is 39.9 Å². The fourth-order valence-electron chi connectivity index (χ4n) is 4.97. The Labute approximate surface area is 296 Å². The van der Waals surface area contributed by atoms with Crippen molar-refractivity contribution in [2.75, 3.05) is 10.6 Å². The lowest BCUT2D eigenvalue weighted by Crippen LogP contribution is -2.15. The molecule has 2 aliphatic rings. The van der Waals surface area contributed by atoms with Crippen LogP contribution in [0.25, 0.3) is 45.2 Å². The van der Waals surface area contributed by atoms with Gasteiger partial charge in [-0.1, -0.05) is 29.3 Å². The number of nitrogens with one attached hydrogen (secondary N) is 2. The van der Waals surface area contributed by atoms with Gasteiger partial charge in [0.25, 0.3) is 0 Å². The number of rotatable bonds is 8. The third kappa shape index (κ3) is 7.77. The molecular weight excluding hydrogens is 675 g/mol. The van der Waals surface area contributed by atoms with Gasteiger partial charge in [-0.2, -0.15) is 0 Å². The average molecular weight is 704 g/mol. The van der Waals surface area contributed by atoms with Crippen LogP contribution < -0.4 is 10.6 Å². The minimum atomic E-state index is -0.0176. The Morgan fingerprint density at radius 3 is 1.58 bits per heavy atom. The van der Waals surface area contributed by atoms with Gasteiger partial charge in [-0.25, -0.2) is 15.0 Å². The number of pyridine rings is 4. The van der Waals surface area contributed by atoms with Crippen molar-refractivity contribution in [3.8, 4) is 45.2 Å². The first-order valence-corrected chi connectivity index (χ1v) is 16.6. The second-order valence-electron chi connectivity index (χ2n) is 11.6. The minimum absolute atomic E-state index is 0.00956. The summed E-state index contributed by atoms with van der Waals surface area (Å²) >= 11 is 12.6. The number of halogens is 2. The predicted octanol–water partition coefficient (Wildman–Crippen LogP) is 7.21. The second-order valence-corrected chi connectivity index (χ2v) is 12.4. The van der Waals surface area contributed by atoms with E-state index in [9.17, 15) is 9.59 Å². The lowest BCUT2D eigenvalue weighted by atomic mass is 10.1. The van der Waals surface area contributed by atoms with E-state index in [0.717, 1.165) is 36.8 Å². The summed E-state index contributed by atoms with van der Waals surface area (Å²) in [6.45, 7) is 0. The van der Waals surface area contributed by atoms with Crippen molar-refractivity contribution in [3.05, 3.63) is 108 Å². The van der Waals surface area contributed by atoms with E-state index in [1.54, 1.807) is 67.9 Å². The second kappa shape index (κ2) is 14.8. The number of anilines is 2. The number of amides is 2. The van der Waals surface area contributed by atoms with E-state index in [0.29, 0.717) is 55.7 Å². The summed E-state index contributed by atoms with van der Waals surface area (Å²) in [6.07, 6.45) is 18.3. The van der Waals surface area contributed by atoms with Crippen LogP contribution in [0.15, 0.2) is 98.2 Å².